The fraction of sp³-hybridized carbons (Fsp3) is 0.143. The van der Waals surface area contributed by atoms with E-state index in [1.807, 2.05) is 0 Å². The van der Waals surface area contributed by atoms with Gasteiger partial charge in [-0.05, 0) is 6.07 Å². The van der Waals surface area contributed by atoms with Crippen LogP contribution in [0.2, 0.25) is 0 Å². The number of halogens is 3. The van der Waals surface area contributed by atoms with E-state index in [1.54, 1.807) is 0 Å². The third kappa shape index (κ3) is 2.29. The number of alkyl halides is 2. The molecule has 0 amide bonds. The molecule has 1 aromatic rings. The maximum absolute atomic E-state index is 12.9. The van der Waals surface area contributed by atoms with E-state index in [0.717, 1.165) is 0 Å². The largest absolute Gasteiger partial charge is 0.283 e. The molecule has 0 aliphatic rings. The third-order valence-corrected chi connectivity index (χ3v) is 2.42. The number of nitriles is 1. The lowest BCUT2D eigenvalue weighted by Crippen LogP contribution is -2.17. The molecule has 0 bridgehead atoms. The van der Waals surface area contributed by atoms with Crippen molar-refractivity contribution in [1.29, 1.82) is 5.26 Å². The van der Waals surface area contributed by atoms with Crippen LogP contribution in [0.25, 0.3) is 0 Å². The Morgan fingerprint density at radius 2 is 2.06 bits per heavy atom. The van der Waals surface area contributed by atoms with Crippen LogP contribution in [-0.4, -0.2) is 13.4 Å². The molecule has 86 valence electrons. The molecule has 0 aliphatic heterocycles. The smallest absolute Gasteiger partial charge is 0.230 e. The lowest BCUT2D eigenvalue weighted by molar-refractivity contribution is 0.139. The van der Waals surface area contributed by atoms with Crippen molar-refractivity contribution in [3.05, 3.63) is 23.1 Å². The van der Waals surface area contributed by atoms with Crippen molar-refractivity contribution in [3.8, 4) is 6.07 Å². The lowest BCUT2D eigenvalue weighted by atomic mass is 10.2. The Kier molecular flexibility index (Phi) is 3.16. The highest BCUT2D eigenvalue weighted by molar-refractivity contribution is 7.89. The van der Waals surface area contributed by atoms with E-state index in [0.29, 0.717) is 6.07 Å². The highest BCUT2D eigenvalue weighted by atomic mass is 32.2. The normalized spacial score (nSPS) is 11.5. The average Bonchev–Trinajstić information content (AvgIpc) is 2.14. The Labute approximate surface area is 88.4 Å². The summed E-state index contributed by atoms with van der Waals surface area (Å²) < 4.78 is 59.1. The van der Waals surface area contributed by atoms with Gasteiger partial charge in [0.25, 0.3) is 16.4 Å². The van der Waals surface area contributed by atoms with Gasteiger partial charge >= 0.3 is 0 Å². The van der Waals surface area contributed by atoms with Crippen molar-refractivity contribution >= 4 is 10.0 Å². The number of pyridine rings is 1. The molecule has 5 nitrogen and oxygen atoms in total. The molecule has 0 saturated carbocycles. The summed E-state index contributed by atoms with van der Waals surface area (Å²) in [7, 11) is -4.45. The van der Waals surface area contributed by atoms with Gasteiger partial charge in [-0.25, -0.2) is 31.7 Å². The van der Waals surface area contributed by atoms with Crippen LogP contribution in [0, 0.1) is 17.1 Å². The van der Waals surface area contributed by atoms with Gasteiger partial charge in [-0.3, -0.25) is 0 Å². The van der Waals surface area contributed by atoms with Gasteiger partial charge < -0.3 is 0 Å². The maximum Gasteiger partial charge on any atom is 0.283 e. The molecule has 1 rings (SSSR count). The van der Waals surface area contributed by atoms with Crippen molar-refractivity contribution < 1.29 is 21.6 Å². The Hall–Kier alpha value is -1.66. The standard InChI is InChI=1S/C7H4F3N3O2S/c8-4-1-3(2-11)7(16(12,14)15)13-5(4)6(9)10/h1,6H,(H2,12,14,15). The van der Waals surface area contributed by atoms with Crippen LogP contribution in [0.3, 0.4) is 0 Å². The van der Waals surface area contributed by atoms with E-state index < -0.39 is 38.5 Å². The van der Waals surface area contributed by atoms with Crippen LogP contribution in [0.1, 0.15) is 17.7 Å². The molecule has 16 heavy (non-hydrogen) atoms. The first-order chi connectivity index (χ1) is 7.27. The van der Waals surface area contributed by atoms with Gasteiger partial charge in [0.1, 0.15) is 11.8 Å². The Bertz CT molecular complexity index is 565. The first kappa shape index (κ1) is 12.4. The second-order valence-electron chi connectivity index (χ2n) is 2.67. The minimum absolute atomic E-state index is 0.355. The van der Waals surface area contributed by atoms with Crippen LogP contribution in [0.15, 0.2) is 11.1 Å². The third-order valence-electron chi connectivity index (χ3n) is 1.56. The van der Waals surface area contributed by atoms with Gasteiger partial charge in [0.2, 0.25) is 0 Å². The molecule has 0 unspecified atom stereocenters. The Morgan fingerprint density at radius 1 is 1.50 bits per heavy atom. The first-order valence-electron chi connectivity index (χ1n) is 3.69. The van der Waals surface area contributed by atoms with Crippen molar-refractivity contribution in [2.24, 2.45) is 5.14 Å². The zero-order valence-electron chi connectivity index (χ0n) is 7.49. The predicted molar refractivity (Wildman–Crippen MR) is 45.2 cm³/mol. The van der Waals surface area contributed by atoms with Gasteiger partial charge in [0.15, 0.2) is 10.8 Å². The van der Waals surface area contributed by atoms with Gasteiger partial charge in [-0.15, -0.1) is 0 Å². The molecule has 0 aliphatic carbocycles. The molecule has 1 aromatic heterocycles. The number of nitrogens with two attached hydrogens (primary N) is 1. The zero-order valence-corrected chi connectivity index (χ0v) is 8.30. The molecule has 9 heteroatoms. The van der Waals surface area contributed by atoms with Gasteiger partial charge in [0, 0.05) is 0 Å². The fourth-order valence-electron chi connectivity index (χ4n) is 0.935. The molecule has 2 N–H and O–H groups in total. The summed E-state index contributed by atoms with van der Waals surface area (Å²) in [6, 6.07) is 1.66. The Balaban J connectivity index is 3.62. The van der Waals surface area contributed by atoms with Crippen LogP contribution in [0.4, 0.5) is 13.2 Å². The topological polar surface area (TPSA) is 96.8 Å². The molecule has 0 saturated heterocycles. The summed E-state index contributed by atoms with van der Waals surface area (Å²) in [4.78, 5) is 2.85. The summed E-state index contributed by atoms with van der Waals surface area (Å²) in [6.07, 6.45) is -3.30. The molecular weight excluding hydrogens is 247 g/mol. The molecule has 0 radical (unpaired) electrons. The molecular formula is C7H4F3N3O2S. The SMILES string of the molecule is N#Cc1cc(F)c(C(F)F)nc1S(N)(=O)=O. The van der Waals surface area contributed by atoms with Crippen LogP contribution >= 0.6 is 0 Å². The second-order valence-corrected chi connectivity index (χ2v) is 4.14. The number of sulfonamides is 1. The first-order valence-corrected chi connectivity index (χ1v) is 5.23. The van der Waals surface area contributed by atoms with E-state index in [-0.39, 0.29) is 0 Å². The number of hydrogen-bond donors (Lipinski definition) is 1. The lowest BCUT2D eigenvalue weighted by Gasteiger charge is -2.05. The van der Waals surface area contributed by atoms with Gasteiger partial charge in [-0.2, -0.15) is 5.26 Å². The van der Waals surface area contributed by atoms with E-state index in [2.05, 4.69) is 10.1 Å². The van der Waals surface area contributed by atoms with Gasteiger partial charge in [-0.1, -0.05) is 0 Å². The number of nitrogens with zero attached hydrogens (tertiary/aromatic N) is 2. The summed E-state index contributed by atoms with van der Waals surface area (Å²) in [6.45, 7) is 0. The number of aromatic nitrogens is 1. The van der Waals surface area contributed by atoms with E-state index in [9.17, 15) is 21.6 Å². The zero-order chi connectivity index (χ0) is 12.5. The molecule has 0 fully saturated rings. The fourth-order valence-corrected chi connectivity index (χ4v) is 1.57. The number of rotatable bonds is 2. The summed E-state index contributed by atoms with van der Waals surface area (Å²) in [5, 5.41) is 12.1. The minimum atomic E-state index is -4.45. The quantitative estimate of drug-likeness (QED) is 0.835. The number of primary sulfonamides is 1. The minimum Gasteiger partial charge on any atom is -0.230 e. The maximum atomic E-state index is 12.9. The Morgan fingerprint density at radius 3 is 2.44 bits per heavy atom. The molecule has 0 aromatic carbocycles. The highest BCUT2D eigenvalue weighted by Gasteiger charge is 2.24. The average molecular weight is 251 g/mol. The van der Waals surface area contributed by atoms with Crippen molar-refractivity contribution in [1.82, 2.24) is 4.98 Å². The van der Waals surface area contributed by atoms with Crippen LogP contribution < -0.4 is 5.14 Å². The predicted octanol–water partition coefficient (Wildman–Crippen LogP) is 0.677. The van der Waals surface area contributed by atoms with Crippen LogP contribution in [0.5, 0.6) is 0 Å². The molecule has 1 heterocycles. The highest BCUT2D eigenvalue weighted by Crippen LogP contribution is 2.23. The van der Waals surface area contributed by atoms with E-state index in [1.165, 1.54) is 6.07 Å². The van der Waals surface area contributed by atoms with Crippen LogP contribution in [-0.2, 0) is 10.0 Å². The molecule has 0 spiro atoms. The summed E-state index contributed by atoms with van der Waals surface area (Å²) >= 11 is 0. The summed E-state index contributed by atoms with van der Waals surface area (Å²) in [5.74, 6) is -1.46. The number of hydrogen-bond acceptors (Lipinski definition) is 4. The van der Waals surface area contributed by atoms with Gasteiger partial charge in [0.05, 0.1) is 5.56 Å². The van der Waals surface area contributed by atoms with Crippen molar-refractivity contribution in [2.45, 2.75) is 11.5 Å². The van der Waals surface area contributed by atoms with Crippen molar-refractivity contribution in [2.75, 3.05) is 0 Å². The van der Waals surface area contributed by atoms with E-state index >= 15 is 0 Å². The second kappa shape index (κ2) is 4.07. The summed E-state index contributed by atoms with van der Waals surface area (Å²) in [5.41, 5.74) is -2.08. The van der Waals surface area contributed by atoms with Crippen molar-refractivity contribution in [3.63, 3.8) is 0 Å². The van der Waals surface area contributed by atoms with E-state index in [4.69, 9.17) is 5.26 Å². The monoisotopic (exact) mass is 251 g/mol. The molecule has 0 atom stereocenters.